The van der Waals surface area contributed by atoms with E-state index in [1.165, 1.54) is 16.8 Å². The van der Waals surface area contributed by atoms with E-state index in [1.807, 2.05) is 41.8 Å². The van der Waals surface area contributed by atoms with Crippen molar-refractivity contribution < 1.29 is 4.39 Å². The number of nitrogens with zero attached hydrogens (tertiary/aromatic N) is 2. The van der Waals surface area contributed by atoms with Crippen LogP contribution in [0.3, 0.4) is 0 Å². The van der Waals surface area contributed by atoms with E-state index in [-0.39, 0.29) is 29.5 Å². The van der Waals surface area contributed by atoms with E-state index in [4.69, 9.17) is 5.10 Å². The lowest BCUT2D eigenvalue weighted by atomic mass is 9.82. The summed E-state index contributed by atoms with van der Waals surface area (Å²) in [6, 6.07) is 18.0. The minimum absolute atomic E-state index is 0.0801. The van der Waals surface area contributed by atoms with Crippen LogP contribution in [0.25, 0.3) is 21.3 Å². The van der Waals surface area contributed by atoms with Crippen molar-refractivity contribution in [3.8, 4) is 10.6 Å². The number of halogens is 1. The molecule has 2 heterocycles. The van der Waals surface area contributed by atoms with E-state index >= 15 is 0 Å². The molecule has 0 fully saturated rings. The van der Waals surface area contributed by atoms with Gasteiger partial charge in [0.2, 0.25) is 0 Å². The lowest BCUT2D eigenvalue weighted by Gasteiger charge is -2.32. The molecule has 1 atom stereocenters. The van der Waals surface area contributed by atoms with Gasteiger partial charge < -0.3 is 0 Å². The van der Waals surface area contributed by atoms with Crippen molar-refractivity contribution in [3.63, 3.8) is 0 Å². The smallest absolute Gasteiger partial charge is 0.275 e. The number of rotatable bonds is 5. The van der Waals surface area contributed by atoms with Gasteiger partial charge in [0, 0.05) is 11.4 Å². The van der Waals surface area contributed by atoms with Crippen molar-refractivity contribution in [2.24, 2.45) is 5.41 Å². The summed E-state index contributed by atoms with van der Waals surface area (Å²) in [6.07, 6.45) is 0. The number of hydrogen-bond donors (Lipinski definition) is 1. The quantitative estimate of drug-likeness (QED) is 0.456. The third kappa shape index (κ3) is 4.06. The van der Waals surface area contributed by atoms with Crippen LogP contribution in [0.2, 0.25) is 0 Å². The molecule has 4 rings (SSSR count). The third-order valence-corrected chi connectivity index (χ3v) is 6.01. The summed E-state index contributed by atoms with van der Waals surface area (Å²) in [4.78, 5) is 14.1. The zero-order valence-corrected chi connectivity index (χ0v) is 18.0. The molecular weight excluding hydrogens is 397 g/mol. The van der Waals surface area contributed by atoms with Crippen LogP contribution in [0.4, 0.5) is 4.39 Å². The topological polar surface area (TPSA) is 46.9 Å². The maximum Gasteiger partial charge on any atom is 0.275 e. The highest BCUT2D eigenvalue weighted by molar-refractivity contribution is 7.13. The Morgan fingerprint density at radius 2 is 1.73 bits per heavy atom. The molecule has 0 aliphatic rings. The highest BCUT2D eigenvalue weighted by atomic mass is 32.1. The molecule has 2 aromatic carbocycles. The summed E-state index contributed by atoms with van der Waals surface area (Å²) in [7, 11) is 0. The first-order valence-electron chi connectivity index (χ1n) is 9.87. The summed E-state index contributed by atoms with van der Waals surface area (Å²) in [6.45, 7) is 6.59. The molecule has 4 nitrogen and oxygen atoms in total. The fourth-order valence-electron chi connectivity index (χ4n) is 3.69. The Balaban J connectivity index is 1.73. The summed E-state index contributed by atoms with van der Waals surface area (Å²) < 4.78 is 14.9. The van der Waals surface area contributed by atoms with Gasteiger partial charge in [-0.15, -0.1) is 11.3 Å². The number of fused-ring (bicyclic) bond motifs is 1. The lowest BCUT2D eigenvalue weighted by Crippen LogP contribution is -2.37. The average molecular weight is 422 g/mol. The van der Waals surface area contributed by atoms with Gasteiger partial charge in [-0.1, -0.05) is 57.2 Å². The van der Waals surface area contributed by atoms with Gasteiger partial charge in [0.05, 0.1) is 16.9 Å². The first kappa shape index (κ1) is 20.4. The molecule has 0 unspecified atom stereocenters. The van der Waals surface area contributed by atoms with Crippen LogP contribution < -0.4 is 10.9 Å². The second-order valence-corrected chi connectivity index (χ2v) is 9.34. The molecule has 154 valence electrons. The van der Waals surface area contributed by atoms with Gasteiger partial charge >= 0.3 is 0 Å². The van der Waals surface area contributed by atoms with Gasteiger partial charge in [-0.25, -0.2) is 9.07 Å². The molecule has 0 spiro atoms. The van der Waals surface area contributed by atoms with E-state index in [1.54, 1.807) is 23.5 Å². The third-order valence-electron chi connectivity index (χ3n) is 5.14. The van der Waals surface area contributed by atoms with Gasteiger partial charge in [-0.05, 0) is 40.6 Å². The van der Waals surface area contributed by atoms with Gasteiger partial charge in [-0.2, -0.15) is 5.10 Å². The van der Waals surface area contributed by atoms with Crippen LogP contribution in [0.5, 0.6) is 0 Å². The van der Waals surface area contributed by atoms with E-state index < -0.39 is 0 Å². The molecule has 0 aliphatic carbocycles. The minimum atomic E-state index is -0.264. The maximum atomic E-state index is 13.4. The fraction of sp³-hybridized carbons (Fsp3) is 0.250. The molecule has 6 heteroatoms. The molecule has 1 N–H and O–H groups in total. The summed E-state index contributed by atoms with van der Waals surface area (Å²) in [5, 5.41) is 11.7. The Morgan fingerprint density at radius 1 is 1.03 bits per heavy atom. The van der Waals surface area contributed by atoms with Crippen LogP contribution in [0, 0.1) is 11.2 Å². The predicted molar refractivity (Wildman–Crippen MR) is 121 cm³/mol. The van der Waals surface area contributed by atoms with E-state index in [2.05, 4.69) is 26.1 Å². The Labute approximate surface area is 179 Å². The van der Waals surface area contributed by atoms with Gasteiger partial charge in [-0.3, -0.25) is 10.1 Å². The van der Waals surface area contributed by atoms with Gasteiger partial charge in [0.25, 0.3) is 5.56 Å². The lowest BCUT2D eigenvalue weighted by molar-refractivity contribution is 0.250. The first-order valence-corrected chi connectivity index (χ1v) is 10.7. The van der Waals surface area contributed by atoms with Crippen LogP contribution in [-0.2, 0) is 6.67 Å². The highest BCUT2D eigenvalue weighted by Crippen LogP contribution is 2.33. The first-order chi connectivity index (χ1) is 14.3. The molecule has 0 radical (unpaired) electrons. The number of benzene rings is 2. The molecule has 30 heavy (non-hydrogen) atoms. The number of nitrogens with one attached hydrogen (secondary N) is 1. The molecule has 0 bridgehead atoms. The Hall–Kier alpha value is -2.83. The Bertz CT molecular complexity index is 1210. The van der Waals surface area contributed by atoms with Crippen molar-refractivity contribution in [1.82, 2.24) is 15.1 Å². The largest absolute Gasteiger partial charge is 0.291 e. The average Bonchev–Trinajstić information content (AvgIpc) is 3.25. The van der Waals surface area contributed by atoms with Crippen LogP contribution in [-0.4, -0.2) is 9.78 Å². The molecule has 0 aliphatic heterocycles. The van der Waals surface area contributed by atoms with Crippen molar-refractivity contribution >= 4 is 22.1 Å². The second-order valence-electron chi connectivity index (χ2n) is 8.39. The fourth-order valence-corrected chi connectivity index (χ4v) is 4.42. The molecular formula is C24H24FN3OS. The van der Waals surface area contributed by atoms with Crippen molar-refractivity contribution in [2.75, 3.05) is 0 Å². The SMILES string of the molecule is CC(C)(C)[C@H](NCn1nc(-c2cccs2)c2ccccc2c1=O)c1ccc(F)cc1. The number of hydrogen-bond acceptors (Lipinski definition) is 4. The predicted octanol–water partition coefficient (Wildman–Crippen LogP) is 5.60. The van der Waals surface area contributed by atoms with E-state index in [0.717, 1.165) is 21.5 Å². The molecule has 2 aromatic heterocycles. The van der Waals surface area contributed by atoms with Gasteiger partial charge in [0.1, 0.15) is 11.5 Å². The monoisotopic (exact) mass is 421 g/mol. The minimum Gasteiger partial charge on any atom is -0.291 e. The molecule has 0 saturated carbocycles. The molecule has 0 amide bonds. The maximum absolute atomic E-state index is 13.4. The van der Waals surface area contributed by atoms with Crippen molar-refractivity contribution in [2.45, 2.75) is 33.5 Å². The van der Waals surface area contributed by atoms with Crippen LogP contribution in [0.15, 0.2) is 70.8 Å². The second kappa shape index (κ2) is 8.13. The zero-order chi connectivity index (χ0) is 21.3. The van der Waals surface area contributed by atoms with E-state index in [0.29, 0.717) is 5.39 Å². The van der Waals surface area contributed by atoms with Gasteiger partial charge in [0.15, 0.2) is 0 Å². The van der Waals surface area contributed by atoms with E-state index in [9.17, 15) is 9.18 Å². The van der Waals surface area contributed by atoms with Crippen molar-refractivity contribution in [3.05, 3.63) is 87.8 Å². The summed E-state index contributed by atoms with van der Waals surface area (Å²) in [5.41, 5.74) is 1.49. The van der Waals surface area contributed by atoms with Crippen LogP contribution >= 0.6 is 11.3 Å². The molecule has 4 aromatic rings. The highest BCUT2D eigenvalue weighted by Gasteiger charge is 2.26. The summed E-state index contributed by atoms with van der Waals surface area (Å²) >= 11 is 1.60. The Kier molecular flexibility index (Phi) is 5.54. The van der Waals surface area contributed by atoms with Crippen LogP contribution in [0.1, 0.15) is 32.4 Å². The van der Waals surface area contributed by atoms with Crippen molar-refractivity contribution in [1.29, 1.82) is 0 Å². The Morgan fingerprint density at radius 3 is 2.37 bits per heavy atom. The zero-order valence-electron chi connectivity index (χ0n) is 17.2. The number of aromatic nitrogens is 2. The standard InChI is InChI=1S/C24H24FN3OS/c1-24(2,3)22(16-10-12-17(25)13-11-16)26-15-28-23(29)19-8-5-4-7-18(19)21(27-28)20-9-6-14-30-20/h4-14,22,26H,15H2,1-3H3/t22-/m1/s1. The normalized spacial score (nSPS) is 12.9. The molecule has 0 saturated heterocycles. The number of thiophene rings is 1. The summed E-state index contributed by atoms with van der Waals surface area (Å²) in [5.74, 6) is -0.264.